The summed E-state index contributed by atoms with van der Waals surface area (Å²) in [6, 6.07) is 22.9. The molecule has 1 heterocycles. The predicted molar refractivity (Wildman–Crippen MR) is 140 cm³/mol. The van der Waals surface area contributed by atoms with Gasteiger partial charge >= 0.3 is 11.9 Å². The first-order valence-corrected chi connectivity index (χ1v) is 12.2. The molecule has 1 aliphatic heterocycles. The van der Waals surface area contributed by atoms with Crippen molar-refractivity contribution in [1.82, 2.24) is 0 Å². The number of nitrogens with zero attached hydrogens (tertiary/aromatic N) is 1. The van der Waals surface area contributed by atoms with E-state index < -0.39 is 17.5 Å². The van der Waals surface area contributed by atoms with Crippen LogP contribution in [0.2, 0.25) is 0 Å². The standard InChI is InChI=1S/C30H31NO6/c1-30(2,3)37-29(34)22-12-10-21(11-13-22)28(33)36-19-26-25(18-20-8-6-5-7-9-20)27(32)31(26)23-14-16-24(35-4)17-15-23/h5-17,25-26H,18-19H2,1-4H3/t25-,26+/m0/s1. The van der Waals surface area contributed by atoms with Gasteiger partial charge in [0, 0.05) is 5.69 Å². The second kappa shape index (κ2) is 10.9. The topological polar surface area (TPSA) is 82.1 Å². The molecule has 0 unspecified atom stereocenters. The van der Waals surface area contributed by atoms with Crippen LogP contribution in [-0.4, -0.2) is 43.2 Å². The molecule has 7 nitrogen and oxygen atoms in total. The Balaban J connectivity index is 1.46. The first-order chi connectivity index (χ1) is 17.7. The van der Waals surface area contributed by atoms with E-state index in [0.29, 0.717) is 23.3 Å². The molecule has 2 atom stereocenters. The highest BCUT2D eigenvalue weighted by Gasteiger charge is 2.48. The van der Waals surface area contributed by atoms with Crippen molar-refractivity contribution >= 4 is 23.5 Å². The average molecular weight is 502 g/mol. The SMILES string of the molecule is COc1ccc(N2C(=O)[C@@H](Cc3ccccc3)[C@H]2COC(=O)c2ccc(C(=O)OC(C)(C)C)cc2)cc1. The summed E-state index contributed by atoms with van der Waals surface area (Å²) in [5.41, 5.74) is 1.82. The molecular formula is C30H31NO6. The normalized spacial score (nSPS) is 17.1. The number of hydrogen-bond acceptors (Lipinski definition) is 6. The fraction of sp³-hybridized carbons (Fsp3) is 0.300. The summed E-state index contributed by atoms with van der Waals surface area (Å²) in [5.74, 6) is -0.624. The molecule has 4 rings (SSSR count). The van der Waals surface area contributed by atoms with Gasteiger partial charge in [0.25, 0.3) is 0 Å². The maximum Gasteiger partial charge on any atom is 0.338 e. The third-order valence-corrected chi connectivity index (χ3v) is 6.14. The number of β-lactam (4-membered cyclic amide) rings is 1. The summed E-state index contributed by atoms with van der Waals surface area (Å²) >= 11 is 0. The van der Waals surface area contributed by atoms with Gasteiger partial charge in [-0.1, -0.05) is 30.3 Å². The number of methoxy groups -OCH3 is 1. The summed E-state index contributed by atoms with van der Waals surface area (Å²) in [7, 11) is 1.59. The van der Waals surface area contributed by atoms with Crippen molar-refractivity contribution in [2.45, 2.75) is 38.8 Å². The van der Waals surface area contributed by atoms with E-state index in [9.17, 15) is 14.4 Å². The van der Waals surface area contributed by atoms with Crippen LogP contribution in [0.1, 0.15) is 47.1 Å². The first-order valence-electron chi connectivity index (χ1n) is 12.2. The van der Waals surface area contributed by atoms with Gasteiger partial charge in [-0.25, -0.2) is 9.59 Å². The molecule has 3 aromatic carbocycles. The Morgan fingerprint density at radius 2 is 1.43 bits per heavy atom. The van der Waals surface area contributed by atoms with Gasteiger partial charge in [0.2, 0.25) is 5.91 Å². The molecule has 37 heavy (non-hydrogen) atoms. The summed E-state index contributed by atoms with van der Waals surface area (Å²) in [4.78, 5) is 39.9. The van der Waals surface area contributed by atoms with Crippen molar-refractivity contribution in [2.24, 2.45) is 5.92 Å². The fourth-order valence-corrected chi connectivity index (χ4v) is 4.27. The van der Waals surface area contributed by atoms with Crippen LogP contribution in [0.5, 0.6) is 5.75 Å². The minimum atomic E-state index is -0.610. The van der Waals surface area contributed by atoms with Crippen molar-refractivity contribution < 1.29 is 28.6 Å². The number of carbonyl (C=O) groups is 3. The third kappa shape index (κ3) is 6.17. The summed E-state index contributed by atoms with van der Waals surface area (Å²) < 4.78 is 16.2. The second-order valence-corrected chi connectivity index (χ2v) is 9.95. The van der Waals surface area contributed by atoms with Crippen molar-refractivity contribution in [3.05, 3.63) is 95.6 Å². The molecule has 0 saturated carbocycles. The zero-order chi connectivity index (χ0) is 26.6. The van der Waals surface area contributed by atoms with Gasteiger partial charge in [0.15, 0.2) is 0 Å². The van der Waals surface area contributed by atoms with Crippen LogP contribution in [0.3, 0.4) is 0 Å². The highest BCUT2D eigenvalue weighted by atomic mass is 16.6. The molecular weight excluding hydrogens is 470 g/mol. The van der Waals surface area contributed by atoms with Crippen molar-refractivity contribution in [2.75, 3.05) is 18.6 Å². The van der Waals surface area contributed by atoms with E-state index in [1.54, 1.807) is 57.0 Å². The van der Waals surface area contributed by atoms with Gasteiger partial charge in [-0.05, 0) is 81.3 Å². The molecule has 0 bridgehead atoms. The van der Waals surface area contributed by atoms with E-state index in [1.165, 1.54) is 12.1 Å². The van der Waals surface area contributed by atoms with Gasteiger partial charge in [-0.2, -0.15) is 0 Å². The Kier molecular flexibility index (Phi) is 7.62. The molecule has 1 amide bonds. The highest BCUT2D eigenvalue weighted by molar-refractivity contribution is 6.03. The molecule has 3 aromatic rings. The Morgan fingerprint density at radius 1 is 0.838 bits per heavy atom. The van der Waals surface area contributed by atoms with Crippen LogP contribution in [0.4, 0.5) is 5.69 Å². The molecule has 0 aliphatic carbocycles. The lowest BCUT2D eigenvalue weighted by Crippen LogP contribution is -2.64. The Labute approximate surface area is 217 Å². The lowest BCUT2D eigenvalue weighted by molar-refractivity contribution is -0.131. The largest absolute Gasteiger partial charge is 0.497 e. The number of anilines is 1. The van der Waals surface area contributed by atoms with Crippen LogP contribution in [0.15, 0.2) is 78.9 Å². The van der Waals surface area contributed by atoms with Crippen LogP contribution in [0.25, 0.3) is 0 Å². The molecule has 0 radical (unpaired) electrons. The monoisotopic (exact) mass is 501 g/mol. The summed E-state index contributed by atoms with van der Waals surface area (Å²) in [6.07, 6.45) is 0.555. The first kappa shape index (κ1) is 25.9. The van der Waals surface area contributed by atoms with Crippen LogP contribution >= 0.6 is 0 Å². The maximum atomic E-state index is 13.2. The Bertz CT molecular complexity index is 1250. The van der Waals surface area contributed by atoms with Crippen molar-refractivity contribution in [3.63, 3.8) is 0 Å². The molecule has 1 aliphatic rings. The maximum absolute atomic E-state index is 13.2. The van der Waals surface area contributed by atoms with E-state index in [4.69, 9.17) is 14.2 Å². The Hall–Kier alpha value is -4.13. The molecule has 1 fully saturated rings. The highest BCUT2D eigenvalue weighted by Crippen LogP contribution is 2.36. The van der Waals surface area contributed by atoms with Gasteiger partial charge in [0.1, 0.15) is 18.0 Å². The fourth-order valence-electron chi connectivity index (χ4n) is 4.27. The molecule has 0 spiro atoms. The second-order valence-electron chi connectivity index (χ2n) is 9.95. The van der Waals surface area contributed by atoms with E-state index in [2.05, 4.69) is 0 Å². The lowest BCUT2D eigenvalue weighted by atomic mass is 9.82. The average Bonchev–Trinajstić information content (AvgIpc) is 2.89. The summed E-state index contributed by atoms with van der Waals surface area (Å²) in [5, 5.41) is 0. The van der Waals surface area contributed by atoms with Crippen molar-refractivity contribution in [3.8, 4) is 5.75 Å². The quantitative estimate of drug-likeness (QED) is 0.316. The number of benzene rings is 3. The summed E-state index contributed by atoms with van der Waals surface area (Å²) in [6.45, 7) is 5.42. The molecule has 1 saturated heterocycles. The minimum absolute atomic E-state index is 0.0169. The predicted octanol–water partition coefficient (Wildman–Crippen LogP) is 5.08. The number of carbonyl (C=O) groups excluding carboxylic acids is 3. The minimum Gasteiger partial charge on any atom is -0.497 e. The van der Waals surface area contributed by atoms with Gasteiger partial charge < -0.3 is 19.1 Å². The molecule has 0 N–H and O–H groups in total. The molecule has 0 aromatic heterocycles. The number of ether oxygens (including phenoxy) is 3. The third-order valence-electron chi connectivity index (χ3n) is 6.14. The lowest BCUT2D eigenvalue weighted by Gasteiger charge is -2.47. The molecule has 7 heteroatoms. The van der Waals surface area contributed by atoms with E-state index in [0.717, 1.165) is 11.3 Å². The number of amides is 1. The zero-order valence-corrected chi connectivity index (χ0v) is 21.5. The number of hydrogen-bond donors (Lipinski definition) is 0. The number of esters is 2. The van der Waals surface area contributed by atoms with Gasteiger partial charge in [-0.3, -0.25) is 4.79 Å². The number of rotatable bonds is 8. The van der Waals surface area contributed by atoms with E-state index >= 15 is 0 Å². The van der Waals surface area contributed by atoms with Gasteiger partial charge in [0.05, 0.1) is 30.2 Å². The van der Waals surface area contributed by atoms with E-state index in [-0.39, 0.29) is 24.5 Å². The Morgan fingerprint density at radius 3 is 2.00 bits per heavy atom. The zero-order valence-electron chi connectivity index (χ0n) is 21.5. The van der Waals surface area contributed by atoms with Gasteiger partial charge in [-0.15, -0.1) is 0 Å². The van der Waals surface area contributed by atoms with Crippen molar-refractivity contribution in [1.29, 1.82) is 0 Å². The van der Waals surface area contributed by atoms with Crippen LogP contribution in [-0.2, 0) is 20.7 Å². The van der Waals surface area contributed by atoms with E-state index in [1.807, 2.05) is 42.5 Å². The van der Waals surface area contributed by atoms with Crippen LogP contribution < -0.4 is 9.64 Å². The smallest absolute Gasteiger partial charge is 0.338 e. The van der Waals surface area contributed by atoms with Crippen LogP contribution in [0, 0.1) is 5.92 Å². The molecule has 192 valence electrons.